The average molecular weight is 558 g/mol. The van der Waals surface area contributed by atoms with Gasteiger partial charge in [-0.1, -0.05) is 103 Å². The highest BCUT2D eigenvalue weighted by Gasteiger charge is 2.11. The lowest BCUT2D eigenvalue weighted by Gasteiger charge is -2.09. The Labute approximate surface area is 247 Å². The Morgan fingerprint density at radius 1 is 0.452 bits per heavy atom. The van der Waals surface area contributed by atoms with Crippen molar-refractivity contribution in [3.8, 4) is 44.5 Å². The van der Waals surface area contributed by atoms with Crippen LogP contribution >= 0.6 is 11.3 Å². The van der Waals surface area contributed by atoms with Crippen molar-refractivity contribution in [3.05, 3.63) is 152 Å². The Kier molecular flexibility index (Phi) is 5.90. The van der Waals surface area contributed by atoms with Crippen molar-refractivity contribution in [1.82, 2.24) is 4.98 Å². The zero-order valence-electron chi connectivity index (χ0n) is 22.6. The number of fused-ring (bicyclic) bond motifs is 4. The fraction of sp³-hybridized carbons (Fsp3) is 0. The number of hydrogen-bond donors (Lipinski definition) is 0. The van der Waals surface area contributed by atoms with Gasteiger partial charge in [0, 0.05) is 21.7 Å². The van der Waals surface area contributed by atoms with Crippen molar-refractivity contribution in [2.45, 2.75) is 0 Å². The first kappa shape index (κ1) is 24.7. The highest BCUT2D eigenvalue weighted by atomic mass is 32.1. The summed E-state index contributed by atoms with van der Waals surface area (Å²) in [5, 5.41) is 4.91. The zero-order valence-corrected chi connectivity index (χ0v) is 23.4. The molecule has 0 spiro atoms. The normalized spacial score (nSPS) is 11.5. The first-order valence-corrected chi connectivity index (χ1v) is 14.8. The van der Waals surface area contributed by atoms with E-state index in [-0.39, 0.29) is 5.82 Å². The Morgan fingerprint density at radius 3 is 1.57 bits per heavy atom. The number of thiophene rings is 1. The average Bonchev–Trinajstić information content (AvgIpc) is 3.44. The number of benzene rings is 6. The highest BCUT2D eigenvalue weighted by molar-refractivity contribution is 7.26. The summed E-state index contributed by atoms with van der Waals surface area (Å²) >= 11 is 1.76. The molecule has 0 unspecified atom stereocenters. The fourth-order valence-electron chi connectivity index (χ4n) is 5.80. The van der Waals surface area contributed by atoms with Crippen LogP contribution in [0, 0.1) is 5.82 Å². The largest absolute Gasteiger partial charge is 0.245 e. The molecule has 3 heteroatoms. The Bertz CT molecular complexity index is 2230. The lowest BCUT2D eigenvalue weighted by Crippen LogP contribution is -1.84. The second kappa shape index (κ2) is 10.1. The van der Waals surface area contributed by atoms with E-state index in [1.54, 1.807) is 11.3 Å². The van der Waals surface area contributed by atoms with Crippen LogP contribution in [0.4, 0.5) is 4.39 Å². The molecule has 2 heterocycles. The lowest BCUT2D eigenvalue weighted by molar-refractivity contribution is 0.628. The molecule has 0 fully saturated rings. The summed E-state index contributed by atoms with van der Waals surface area (Å²) < 4.78 is 14.6. The van der Waals surface area contributed by atoms with Crippen molar-refractivity contribution in [1.29, 1.82) is 0 Å². The van der Waals surface area contributed by atoms with Crippen LogP contribution in [0.1, 0.15) is 0 Å². The van der Waals surface area contributed by atoms with Crippen molar-refractivity contribution >= 4 is 42.4 Å². The molecule has 0 aliphatic heterocycles. The molecule has 0 aliphatic carbocycles. The second-order valence-corrected chi connectivity index (χ2v) is 11.6. The van der Waals surface area contributed by atoms with E-state index in [1.165, 1.54) is 66.2 Å². The highest BCUT2D eigenvalue weighted by Crippen LogP contribution is 2.39. The molecule has 6 aromatic carbocycles. The Morgan fingerprint density at radius 2 is 0.952 bits per heavy atom. The number of rotatable bonds is 4. The van der Waals surface area contributed by atoms with Gasteiger partial charge in [0.1, 0.15) is 10.6 Å². The molecular weight excluding hydrogens is 534 g/mol. The Balaban J connectivity index is 1.07. The zero-order chi connectivity index (χ0) is 28.0. The van der Waals surface area contributed by atoms with Gasteiger partial charge in [-0.3, -0.25) is 0 Å². The number of aromatic nitrogens is 1. The molecular formula is C39H24FNS. The van der Waals surface area contributed by atoms with Crippen LogP contribution in [0.25, 0.3) is 75.6 Å². The molecule has 8 aromatic rings. The van der Waals surface area contributed by atoms with Gasteiger partial charge in [0.2, 0.25) is 0 Å². The molecule has 0 aliphatic rings. The number of halogens is 1. The minimum atomic E-state index is -0.217. The van der Waals surface area contributed by atoms with Crippen molar-refractivity contribution in [2.24, 2.45) is 0 Å². The van der Waals surface area contributed by atoms with Gasteiger partial charge in [0.05, 0.1) is 0 Å². The molecule has 0 atom stereocenters. The maximum absolute atomic E-state index is 13.3. The predicted molar refractivity (Wildman–Crippen MR) is 176 cm³/mol. The maximum Gasteiger partial charge on any atom is 0.124 e. The summed E-state index contributed by atoms with van der Waals surface area (Å²) in [4.78, 5) is 5.66. The van der Waals surface area contributed by atoms with Crippen LogP contribution in [0.3, 0.4) is 0 Å². The third-order valence-electron chi connectivity index (χ3n) is 8.04. The summed E-state index contributed by atoms with van der Waals surface area (Å²) in [6, 6.07) is 48.0. The van der Waals surface area contributed by atoms with Gasteiger partial charge in [-0.05, 0) is 91.7 Å². The summed E-state index contributed by atoms with van der Waals surface area (Å²) in [7, 11) is 0. The fourth-order valence-corrected chi connectivity index (χ4v) is 6.98. The number of hydrogen-bond acceptors (Lipinski definition) is 2. The SMILES string of the molecule is Fc1ccc(-c2ccc(-c3ccc4cc(-c5ccc(-c6cccc7c6sc6ncccc67)cc5)ccc4c3)cc2)cc1. The second-order valence-electron chi connectivity index (χ2n) is 10.6. The van der Waals surface area contributed by atoms with E-state index in [0.29, 0.717) is 0 Å². The van der Waals surface area contributed by atoms with E-state index in [1.807, 2.05) is 24.4 Å². The molecule has 0 saturated heterocycles. The summed E-state index contributed by atoms with van der Waals surface area (Å²) in [6.07, 6.45) is 1.87. The third kappa shape index (κ3) is 4.36. The summed E-state index contributed by atoms with van der Waals surface area (Å²) in [5.41, 5.74) is 9.29. The maximum atomic E-state index is 13.3. The molecule has 0 radical (unpaired) electrons. The van der Waals surface area contributed by atoms with Crippen LogP contribution in [0.5, 0.6) is 0 Å². The molecule has 0 bridgehead atoms. The van der Waals surface area contributed by atoms with Gasteiger partial charge < -0.3 is 0 Å². The van der Waals surface area contributed by atoms with Crippen LogP contribution in [0.2, 0.25) is 0 Å². The van der Waals surface area contributed by atoms with E-state index in [0.717, 1.165) is 21.5 Å². The minimum absolute atomic E-state index is 0.217. The van der Waals surface area contributed by atoms with E-state index in [4.69, 9.17) is 0 Å². The number of pyridine rings is 1. The molecule has 42 heavy (non-hydrogen) atoms. The van der Waals surface area contributed by atoms with E-state index >= 15 is 0 Å². The van der Waals surface area contributed by atoms with E-state index in [2.05, 4.69) is 114 Å². The Hall–Kier alpha value is -5.12. The minimum Gasteiger partial charge on any atom is -0.245 e. The van der Waals surface area contributed by atoms with Gasteiger partial charge in [0.15, 0.2) is 0 Å². The van der Waals surface area contributed by atoms with Crippen LogP contribution < -0.4 is 0 Å². The van der Waals surface area contributed by atoms with Crippen molar-refractivity contribution < 1.29 is 4.39 Å². The summed E-state index contributed by atoms with van der Waals surface area (Å²) in [5.74, 6) is -0.217. The van der Waals surface area contributed by atoms with Crippen molar-refractivity contribution in [3.63, 3.8) is 0 Å². The van der Waals surface area contributed by atoms with Crippen LogP contribution in [-0.4, -0.2) is 4.98 Å². The molecule has 0 N–H and O–H groups in total. The lowest BCUT2D eigenvalue weighted by atomic mass is 9.95. The van der Waals surface area contributed by atoms with Gasteiger partial charge >= 0.3 is 0 Å². The molecule has 1 nitrogen and oxygen atoms in total. The van der Waals surface area contributed by atoms with Crippen LogP contribution in [0.15, 0.2) is 146 Å². The van der Waals surface area contributed by atoms with E-state index in [9.17, 15) is 4.39 Å². The monoisotopic (exact) mass is 557 g/mol. The van der Waals surface area contributed by atoms with E-state index < -0.39 is 0 Å². The quantitative estimate of drug-likeness (QED) is 0.210. The van der Waals surface area contributed by atoms with Crippen LogP contribution in [-0.2, 0) is 0 Å². The predicted octanol–water partition coefficient (Wildman–Crippen LogP) is 11.4. The standard InChI is InChI=1S/C39H24FNS/c40-34-20-18-26(19-21-34)25-6-8-27(9-7-25)30-14-16-33-24-31(15-17-32(33)23-30)28-10-12-29(13-11-28)35-3-1-4-36-37-5-2-22-41-39(37)42-38(35)36/h1-24H. The molecule has 0 saturated carbocycles. The van der Waals surface area contributed by atoms with Gasteiger partial charge in [-0.15, -0.1) is 11.3 Å². The van der Waals surface area contributed by atoms with Crippen molar-refractivity contribution in [2.75, 3.05) is 0 Å². The number of nitrogens with zero attached hydrogens (tertiary/aromatic N) is 1. The molecule has 198 valence electrons. The third-order valence-corrected chi connectivity index (χ3v) is 9.20. The van der Waals surface area contributed by atoms with Gasteiger partial charge in [-0.25, -0.2) is 9.37 Å². The topological polar surface area (TPSA) is 12.9 Å². The molecule has 2 aromatic heterocycles. The summed E-state index contributed by atoms with van der Waals surface area (Å²) in [6.45, 7) is 0. The van der Waals surface area contributed by atoms with Gasteiger partial charge in [0.25, 0.3) is 0 Å². The first-order chi connectivity index (χ1) is 20.7. The smallest absolute Gasteiger partial charge is 0.124 e. The van der Waals surface area contributed by atoms with Gasteiger partial charge in [-0.2, -0.15) is 0 Å². The first-order valence-electron chi connectivity index (χ1n) is 14.0. The molecule has 0 amide bonds. The molecule has 8 rings (SSSR count).